The Kier molecular flexibility index (Phi) is 3.53. The molecule has 1 aromatic carbocycles. The van der Waals surface area contributed by atoms with Gasteiger partial charge in [0.2, 0.25) is 0 Å². The average molecular weight is 303 g/mol. The molecule has 3 N–H and O–H groups in total. The lowest BCUT2D eigenvalue weighted by Crippen LogP contribution is -2.04. The maximum atomic E-state index is 12.7. The van der Waals surface area contributed by atoms with Gasteiger partial charge in [0.05, 0.1) is 11.1 Å². The maximum Gasteiger partial charge on any atom is 0.416 e. The maximum absolute atomic E-state index is 12.7. The van der Waals surface area contributed by atoms with Crippen molar-refractivity contribution >= 4 is 16.8 Å². The van der Waals surface area contributed by atoms with Gasteiger partial charge in [0, 0.05) is 5.56 Å². The number of carboxylic acid groups (broad SMARTS) is 1. The first-order valence-corrected chi connectivity index (χ1v) is 6.66. The highest BCUT2D eigenvalue weighted by atomic mass is 32.2. The van der Waals surface area contributed by atoms with Crippen LogP contribution in [-0.2, 0) is 6.18 Å². The second-order valence-corrected chi connectivity index (χ2v) is 5.31. The molecule has 0 radical (unpaired) electrons. The number of aromatic nitrogens is 1. The Balaban J connectivity index is 2.58. The number of carbonyl (C=O) groups is 1. The molecule has 0 saturated carbocycles. The Morgan fingerprint density at radius 1 is 1.40 bits per heavy atom. The van der Waals surface area contributed by atoms with Crippen LogP contribution in [0, 0.1) is 6.92 Å². The minimum Gasteiger partial charge on any atom is -0.474 e. The number of benzene rings is 1. The van der Waals surface area contributed by atoms with Crippen molar-refractivity contribution in [1.29, 1.82) is 0 Å². The zero-order chi connectivity index (χ0) is 15.1. The first-order chi connectivity index (χ1) is 9.21. The molecule has 1 heterocycles. The van der Waals surface area contributed by atoms with Crippen LogP contribution in [0.3, 0.4) is 0 Å². The molecular formula is C12H10F3N2O2S+. The number of nitrogens with zero attached hydrogens (tertiary/aromatic N) is 1. The smallest absolute Gasteiger partial charge is 0.416 e. The number of nitrogen functional groups attached to an aromatic ring is 1. The lowest BCUT2D eigenvalue weighted by atomic mass is 10.0. The van der Waals surface area contributed by atoms with Crippen LogP contribution in [0.1, 0.15) is 20.8 Å². The predicted molar refractivity (Wildman–Crippen MR) is 69.0 cm³/mol. The van der Waals surface area contributed by atoms with Gasteiger partial charge in [-0.25, -0.2) is 4.79 Å². The third kappa shape index (κ3) is 2.52. The first-order valence-electron chi connectivity index (χ1n) is 5.41. The summed E-state index contributed by atoms with van der Waals surface area (Å²) in [5.41, 5.74) is -0.121. The Bertz CT molecular complexity index is 680. The molecule has 0 aliphatic heterocycles. The van der Waals surface area contributed by atoms with E-state index < -0.39 is 28.6 Å². The van der Waals surface area contributed by atoms with Gasteiger partial charge >= 0.3 is 17.0 Å². The van der Waals surface area contributed by atoms with Gasteiger partial charge in [0.1, 0.15) is 5.69 Å². The van der Waals surface area contributed by atoms with Crippen molar-refractivity contribution in [2.75, 3.05) is 5.14 Å². The molecule has 0 aliphatic carbocycles. The summed E-state index contributed by atoms with van der Waals surface area (Å²) in [4.78, 5) is 11.0. The number of alkyl halides is 3. The fraction of sp³-hybridized carbons (Fsp3) is 0.167. The summed E-state index contributed by atoms with van der Waals surface area (Å²) < 4.78 is 42.0. The van der Waals surface area contributed by atoms with Crippen molar-refractivity contribution in [2.45, 2.75) is 13.1 Å². The monoisotopic (exact) mass is 303 g/mol. The third-order valence-corrected chi connectivity index (χ3v) is 4.03. The van der Waals surface area contributed by atoms with Crippen molar-refractivity contribution < 1.29 is 23.1 Å². The molecule has 0 aliphatic rings. The number of hydrogen-bond donors (Lipinski definition) is 2. The fourth-order valence-corrected chi connectivity index (χ4v) is 2.96. The van der Waals surface area contributed by atoms with Crippen molar-refractivity contribution in [3.8, 4) is 11.3 Å². The first kappa shape index (κ1) is 14.5. The number of rotatable bonds is 2. The van der Waals surface area contributed by atoms with E-state index in [1.165, 1.54) is 19.1 Å². The van der Waals surface area contributed by atoms with Crippen LogP contribution < -0.4 is 5.14 Å². The Morgan fingerprint density at radius 2 is 2.05 bits per heavy atom. The van der Waals surface area contributed by atoms with Crippen molar-refractivity contribution in [2.24, 2.45) is 0 Å². The Morgan fingerprint density at radius 3 is 2.55 bits per heavy atom. The lowest BCUT2D eigenvalue weighted by Gasteiger charge is -2.07. The second kappa shape index (κ2) is 4.88. The van der Waals surface area contributed by atoms with E-state index in [9.17, 15) is 18.0 Å². The summed E-state index contributed by atoms with van der Waals surface area (Å²) in [6.07, 6.45) is -4.47. The van der Waals surface area contributed by atoms with Crippen LogP contribution in [0.4, 0.5) is 13.2 Å². The van der Waals surface area contributed by atoms with Crippen molar-refractivity contribution in [1.82, 2.24) is 4.37 Å². The summed E-state index contributed by atoms with van der Waals surface area (Å²) >= 11 is 0. The standard InChI is InChI=1S/C12H9F3N2O2S/c1-6-9(17-20(16)10(6)11(18)19)7-3-2-4-8(5-7)12(13,14)15/h2-5,16H,1H3,(H,18,19)/p+1. The molecule has 0 amide bonds. The van der Waals surface area contributed by atoms with Crippen molar-refractivity contribution in [3.63, 3.8) is 0 Å². The lowest BCUT2D eigenvalue weighted by molar-refractivity contribution is -0.137. The SMILES string of the molecule is Cc1c(-c2cccc(C(F)(F)F)c2)n[s+](N)c1C(=O)O. The molecule has 0 fully saturated rings. The second-order valence-electron chi connectivity index (χ2n) is 4.09. The molecule has 0 saturated heterocycles. The van der Waals surface area contributed by atoms with E-state index in [1.807, 2.05) is 0 Å². The number of halogens is 3. The van der Waals surface area contributed by atoms with Crippen LogP contribution in [0.15, 0.2) is 24.3 Å². The third-order valence-electron chi connectivity index (χ3n) is 2.75. The van der Waals surface area contributed by atoms with E-state index in [4.69, 9.17) is 10.2 Å². The van der Waals surface area contributed by atoms with Gasteiger partial charge in [-0.3, -0.25) is 0 Å². The summed E-state index contributed by atoms with van der Waals surface area (Å²) in [6.45, 7) is 1.49. The minimum atomic E-state index is -4.47. The van der Waals surface area contributed by atoms with E-state index in [2.05, 4.69) is 4.37 Å². The van der Waals surface area contributed by atoms with Crippen LogP contribution in [0.25, 0.3) is 11.3 Å². The van der Waals surface area contributed by atoms with E-state index in [0.717, 1.165) is 12.1 Å². The molecule has 0 spiro atoms. The van der Waals surface area contributed by atoms with Crippen LogP contribution in [0.2, 0.25) is 0 Å². The molecule has 4 nitrogen and oxygen atoms in total. The molecule has 2 aromatic rings. The van der Waals surface area contributed by atoms with Gasteiger partial charge in [0.25, 0.3) is 0 Å². The molecular weight excluding hydrogens is 293 g/mol. The van der Waals surface area contributed by atoms with Crippen LogP contribution >= 0.6 is 10.9 Å². The molecule has 106 valence electrons. The number of nitrogens with two attached hydrogens (primary N) is 1. The minimum absolute atomic E-state index is 0.0718. The van der Waals surface area contributed by atoms with Gasteiger partial charge < -0.3 is 5.11 Å². The highest BCUT2D eigenvalue weighted by Gasteiger charge is 2.33. The van der Waals surface area contributed by atoms with Crippen LogP contribution in [0.5, 0.6) is 0 Å². The normalized spacial score (nSPS) is 12.6. The van der Waals surface area contributed by atoms with E-state index in [-0.39, 0.29) is 16.1 Å². The number of hydrogen-bond acceptors (Lipinski definition) is 3. The summed E-state index contributed by atoms with van der Waals surface area (Å²) in [6, 6.07) is 4.57. The molecule has 2 rings (SSSR count). The topological polar surface area (TPSA) is 76.2 Å². The van der Waals surface area contributed by atoms with Gasteiger partial charge in [-0.1, -0.05) is 12.1 Å². The highest BCUT2D eigenvalue weighted by Crippen LogP contribution is 2.35. The largest absolute Gasteiger partial charge is 0.474 e. The fourth-order valence-electron chi connectivity index (χ4n) is 1.84. The average Bonchev–Trinajstić information content (AvgIpc) is 2.64. The molecule has 1 aromatic heterocycles. The molecule has 20 heavy (non-hydrogen) atoms. The Hall–Kier alpha value is -1.93. The van der Waals surface area contributed by atoms with E-state index in [0.29, 0.717) is 5.56 Å². The molecule has 8 heteroatoms. The molecule has 0 bridgehead atoms. The molecule has 1 atom stereocenters. The summed E-state index contributed by atoms with van der Waals surface area (Å²) in [5.74, 6) is -1.21. The van der Waals surface area contributed by atoms with Gasteiger partial charge in [-0.05, 0) is 23.4 Å². The quantitative estimate of drug-likeness (QED) is 0.835. The summed E-state index contributed by atoms with van der Waals surface area (Å²) in [5, 5.41) is 14.6. The number of aromatic carboxylic acids is 1. The number of carboxylic acids is 1. The van der Waals surface area contributed by atoms with Gasteiger partial charge in [-0.15, -0.1) is 5.14 Å². The van der Waals surface area contributed by atoms with Gasteiger partial charge in [0.15, 0.2) is 10.9 Å². The highest BCUT2D eigenvalue weighted by molar-refractivity contribution is 7.28. The van der Waals surface area contributed by atoms with E-state index in [1.54, 1.807) is 0 Å². The summed E-state index contributed by atoms with van der Waals surface area (Å²) in [7, 11) is -1.34. The Labute approximate surface area is 114 Å². The zero-order valence-electron chi connectivity index (χ0n) is 10.2. The van der Waals surface area contributed by atoms with Gasteiger partial charge in [-0.2, -0.15) is 13.2 Å². The van der Waals surface area contributed by atoms with Crippen molar-refractivity contribution in [3.05, 3.63) is 40.3 Å². The van der Waals surface area contributed by atoms with Crippen LogP contribution in [-0.4, -0.2) is 15.4 Å². The zero-order valence-corrected chi connectivity index (χ0v) is 11.0. The predicted octanol–water partition coefficient (Wildman–Crippen LogP) is 3.24. The van der Waals surface area contributed by atoms with E-state index >= 15 is 0 Å². The molecule has 1 unspecified atom stereocenters.